The molecular weight excluding hydrogens is 461 g/mol. The fourth-order valence-corrected chi connectivity index (χ4v) is 2.96. The smallest absolute Gasteiger partial charge is 0.191 e. The highest BCUT2D eigenvalue weighted by molar-refractivity contribution is 14.0. The van der Waals surface area contributed by atoms with Crippen LogP contribution in [-0.4, -0.2) is 29.9 Å². The average Bonchev–Trinajstić information content (AvgIpc) is 3.34. The maximum Gasteiger partial charge on any atom is 0.191 e. The number of nitrogens with one attached hydrogen (secondary N) is 2. The Morgan fingerprint density at radius 3 is 2.58 bits per heavy atom. The highest BCUT2D eigenvalue weighted by atomic mass is 127. The number of nitrogens with zero attached hydrogens (tertiary/aromatic N) is 3. The molecule has 0 aliphatic carbocycles. The molecule has 0 bridgehead atoms. The third kappa shape index (κ3) is 5.46. The molecule has 3 aromatic rings. The summed E-state index contributed by atoms with van der Waals surface area (Å²) in [7, 11) is 3.42. The molecule has 6 nitrogen and oxygen atoms in total. The van der Waals surface area contributed by atoms with Gasteiger partial charge in [-0.2, -0.15) is 5.10 Å². The number of guanidine groups is 1. The highest BCUT2D eigenvalue weighted by Crippen LogP contribution is 2.14. The minimum absolute atomic E-state index is 0. The lowest BCUT2D eigenvalue weighted by atomic mass is 10.3. The van der Waals surface area contributed by atoms with Crippen molar-refractivity contribution in [2.45, 2.75) is 13.1 Å². The van der Waals surface area contributed by atoms with E-state index >= 15 is 0 Å². The molecule has 0 saturated carbocycles. The van der Waals surface area contributed by atoms with E-state index in [4.69, 9.17) is 4.74 Å². The van der Waals surface area contributed by atoms with Crippen LogP contribution in [0.1, 0.15) is 10.6 Å². The number of hydrogen-bond acceptors (Lipinski definition) is 4. The van der Waals surface area contributed by atoms with Gasteiger partial charge in [-0.15, -0.1) is 35.3 Å². The molecule has 0 fully saturated rings. The van der Waals surface area contributed by atoms with Crippen molar-refractivity contribution in [2.24, 2.45) is 4.99 Å². The Hall–Kier alpha value is -2.07. The summed E-state index contributed by atoms with van der Waals surface area (Å²) in [6.45, 7) is 1.37. The molecule has 0 unspecified atom stereocenters. The zero-order valence-corrected chi connectivity index (χ0v) is 17.8. The van der Waals surface area contributed by atoms with Crippen molar-refractivity contribution < 1.29 is 4.74 Å². The Bertz CT molecular complexity index is 814. The first-order chi connectivity index (χ1) is 12.3. The van der Waals surface area contributed by atoms with E-state index in [2.05, 4.69) is 32.2 Å². The molecular formula is C18H22IN5OS. The van der Waals surface area contributed by atoms with Gasteiger partial charge in [0.15, 0.2) is 5.96 Å². The summed E-state index contributed by atoms with van der Waals surface area (Å²) >= 11 is 1.72. The highest BCUT2D eigenvalue weighted by Gasteiger charge is 2.04. The average molecular weight is 483 g/mol. The zero-order chi connectivity index (χ0) is 17.5. The predicted molar refractivity (Wildman–Crippen MR) is 117 cm³/mol. The zero-order valence-electron chi connectivity index (χ0n) is 14.7. The number of hydrogen-bond donors (Lipinski definition) is 2. The lowest BCUT2D eigenvalue weighted by Crippen LogP contribution is -2.36. The summed E-state index contributed by atoms with van der Waals surface area (Å²) in [5.74, 6) is 1.59. The van der Waals surface area contributed by atoms with Gasteiger partial charge in [0.2, 0.25) is 0 Å². The standard InChI is InChI=1S/C18H21N5OS.HI/c1-19-18(21-13-17-4-3-11-25-17)20-12-14-9-10-23(22-14)15-5-7-16(24-2)8-6-15;/h3-11H,12-13H2,1-2H3,(H2,19,20,21);1H. The van der Waals surface area contributed by atoms with Crippen molar-refractivity contribution in [3.8, 4) is 11.4 Å². The van der Waals surface area contributed by atoms with Gasteiger partial charge in [0.05, 0.1) is 31.6 Å². The van der Waals surface area contributed by atoms with Gasteiger partial charge in [-0.25, -0.2) is 4.68 Å². The summed E-state index contributed by atoms with van der Waals surface area (Å²) in [5.41, 5.74) is 1.93. The monoisotopic (exact) mass is 483 g/mol. The molecule has 26 heavy (non-hydrogen) atoms. The van der Waals surface area contributed by atoms with E-state index in [-0.39, 0.29) is 24.0 Å². The maximum absolute atomic E-state index is 5.18. The van der Waals surface area contributed by atoms with Crippen LogP contribution in [0, 0.1) is 0 Å². The fourth-order valence-electron chi connectivity index (χ4n) is 2.31. The first kappa shape index (κ1) is 20.2. The van der Waals surface area contributed by atoms with Gasteiger partial charge < -0.3 is 15.4 Å². The molecule has 0 aliphatic heterocycles. The van der Waals surface area contributed by atoms with Gasteiger partial charge in [-0.05, 0) is 41.8 Å². The lowest BCUT2D eigenvalue weighted by molar-refractivity contribution is 0.414. The molecule has 0 saturated heterocycles. The number of benzene rings is 1. The van der Waals surface area contributed by atoms with E-state index in [1.54, 1.807) is 25.5 Å². The molecule has 138 valence electrons. The van der Waals surface area contributed by atoms with Crippen molar-refractivity contribution >= 4 is 41.3 Å². The largest absolute Gasteiger partial charge is 0.497 e. The molecule has 2 heterocycles. The molecule has 3 rings (SSSR count). The third-order valence-corrected chi connectivity index (χ3v) is 4.53. The van der Waals surface area contributed by atoms with E-state index in [9.17, 15) is 0 Å². The maximum atomic E-state index is 5.18. The Labute approximate surface area is 174 Å². The lowest BCUT2D eigenvalue weighted by Gasteiger charge is -2.10. The van der Waals surface area contributed by atoms with Crippen LogP contribution in [0.4, 0.5) is 0 Å². The molecule has 0 amide bonds. The van der Waals surface area contributed by atoms with Crippen LogP contribution in [0.5, 0.6) is 5.75 Å². The second-order valence-corrected chi connectivity index (χ2v) is 6.34. The minimum atomic E-state index is 0. The van der Waals surface area contributed by atoms with Crippen molar-refractivity contribution in [1.29, 1.82) is 0 Å². The van der Waals surface area contributed by atoms with Crippen LogP contribution in [0.25, 0.3) is 5.69 Å². The molecule has 0 atom stereocenters. The van der Waals surface area contributed by atoms with Gasteiger partial charge in [0, 0.05) is 18.1 Å². The number of methoxy groups -OCH3 is 1. The molecule has 0 aliphatic rings. The topological polar surface area (TPSA) is 63.5 Å². The Balaban J connectivity index is 0.00000243. The van der Waals surface area contributed by atoms with E-state index < -0.39 is 0 Å². The van der Waals surface area contributed by atoms with Gasteiger partial charge in [-0.3, -0.25) is 4.99 Å². The van der Waals surface area contributed by atoms with E-state index in [0.717, 1.165) is 29.6 Å². The number of halogens is 1. The Kier molecular flexibility index (Phi) is 7.92. The third-order valence-electron chi connectivity index (χ3n) is 3.65. The summed E-state index contributed by atoms with van der Waals surface area (Å²) in [6, 6.07) is 13.9. The second kappa shape index (κ2) is 10.2. The van der Waals surface area contributed by atoms with E-state index in [1.807, 2.05) is 47.3 Å². The van der Waals surface area contributed by atoms with Crippen molar-refractivity contribution in [1.82, 2.24) is 20.4 Å². The Morgan fingerprint density at radius 1 is 1.15 bits per heavy atom. The first-order valence-corrected chi connectivity index (χ1v) is 8.82. The summed E-state index contributed by atoms with van der Waals surface area (Å²) in [5, 5.41) is 13.2. The molecule has 2 N–H and O–H groups in total. The minimum Gasteiger partial charge on any atom is -0.497 e. The molecule has 2 aromatic heterocycles. The summed E-state index contributed by atoms with van der Waals surface area (Å²) < 4.78 is 7.02. The summed E-state index contributed by atoms with van der Waals surface area (Å²) in [6.07, 6.45) is 1.95. The van der Waals surface area contributed by atoms with E-state index in [0.29, 0.717) is 6.54 Å². The number of thiophene rings is 1. The van der Waals surface area contributed by atoms with Crippen LogP contribution in [0.2, 0.25) is 0 Å². The van der Waals surface area contributed by atoms with Gasteiger partial charge in [0.1, 0.15) is 5.75 Å². The molecule has 0 spiro atoms. The van der Waals surface area contributed by atoms with Crippen LogP contribution in [-0.2, 0) is 13.1 Å². The number of aromatic nitrogens is 2. The summed E-state index contributed by atoms with van der Waals surface area (Å²) in [4.78, 5) is 5.51. The van der Waals surface area contributed by atoms with Crippen molar-refractivity contribution in [2.75, 3.05) is 14.2 Å². The van der Waals surface area contributed by atoms with Gasteiger partial charge >= 0.3 is 0 Å². The van der Waals surface area contributed by atoms with Crippen LogP contribution in [0.3, 0.4) is 0 Å². The van der Waals surface area contributed by atoms with Crippen LogP contribution >= 0.6 is 35.3 Å². The van der Waals surface area contributed by atoms with E-state index in [1.165, 1.54) is 4.88 Å². The van der Waals surface area contributed by atoms with Crippen LogP contribution < -0.4 is 15.4 Å². The predicted octanol–water partition coefficient (Wildman–Crippen LogP) is 3.43. The van der Waals surface area contributed by atoms with Gasteiger partial charge in [-0.1, -0.05) is 6.07 Å². The quantitative estimate of drug-likeness (QED) is 0.321. The van der Waals surface area contributed by atoms with Gasteiger partial charge in [0.25, 0.3) is 0 Å². The van der Waals surface area contributed by atoms with Crippen molar-refractivity contribution in [3.63, 3.8) is 0 Å². The molecule has 0 radical (unpaired) electrons. The number of aliphatic imine (C=N–C) groups is 1. The Morgan fingerprint density at radius 2 is 1.92 bits per heavy atom. The second-order valence-electron chi connectivity index (χ2n) is 5.31. The number of rotatable bonds is 6. The van der Waals surface area contributed by atoms with Crippen molar-refractivity contribution in [3.05, 3.63) is 64.6 Å². The molecule has 1 aromatic carbocycles. The first-order valence-electron chi connectivity index (χ1n) is 7.94. The fraction of sp³-hybridized carbons (Fsp3) is 0.222. The number of ether oxygens (including phenoxy) is 1. The SMILES string of the molecule is CN=C(NCc1ccn(-c2ccc(OC)cc2)n1)NCc1cccs1.I. The van der Waals surface area contributed by atoms with Crippen LogP contribution in [0.15, 0.2) is 59.0 Å². The molecule has 8 heteroatoms. The normalized spacial score (nSPS) is 10.9.